The smallest absolute Gasteiger partial charge is 0.402 e. The standard InChI is InChI=1S/C16H28O2.2CH3NO2/c1-12(2)14(17)18-11-10-16(6)13(3)8-7-9-15(16,4)5;2*2-1(3)4/h13H,1,7-11H2,2-6H3;2*2H2,(H,3,4). The Morgan fingerprint density at radius 1 is 1.15 bits per heavy atom. The van der Waals surface area contributed by atoms with Crippen molar-refractivity contribution in [2.45, 2.75) is 60.3 Å². The summed E-state index contributed by atoms with van der Waals surface area (Å²) in [4.78, 5) is 29.0. The van der Waals surface area contributed by atoms with Gasteiger partial charge in [-0.1, -0.05) is 47.1 Å². The molecule has 1 rings (SSSR count). The van der Waals surface area contributed by atoms with E-state index in [1.807, 2.05) is 0 Å². The molecule has 152 valence electrons. The summed E-state index contributed by atoms with van der Waals surface area (Å²) in [6.45, 7) is 15.2. The van der Waals surface area contributed by atoms with Crippen LogP contribution in [0.4, 0.5) is 9.59 Å². The number of carbonyl (C=O) groups excluding carboxylic acids is 1. The Bertz CT molecular complexity index is 484. The first-order chi connectivity index (χ1) is 11.7. The van der Waals surface area contributed by atoms with Crippen molar-refractivity contribution >= 4 is 18.2 Å². The summed E-state index contributed by atoms with van der Waals surface area (Å²) in [6, 6.07) is 0. The van der Waals surface area contributed by atoms with E-state index in [4.69, 9.17) is 24.5 Å². The first-order valence-corrected chi connectivity index (χ1v) is 8.46. The second kappa shape index (κ2) is 11.4. The second-order valence-electron chi connectivity index (χ2n) is 7.44. The van der Waals surface area contributed by atoms with E-state index >= 15 is 0 Å². The first-order valence-electron chi connectivity index (χ1n) is 8.46. The average molecular weight is 374 g/mol. The van der Waals surface area contributed by atoms with Gasteiger partial charge >= 0.3 is 18.2 Å². The Morgan fingerprint density at radius 2 is 1.58 bits per heavy atom. The van der Waals surface area contributed by atoms with Crippen LogP contribution in [0.25, 0.3) is 0 Å². The van der Waals surface area contributed by atoms with Crippen LogP contribution in [0.2, 0.25) is 0 Å². The minimum absolute atomic E-state index is 0.251. The minimum atomic E-state index is -1.33. The molecule has 8 heteroatoms. The van der Waals surface area contributed by atoms with Crippen molar-refractivity contribution in [3.63, 3.8) is 0 Å². The SMILES string of the molecule is C=C(C)C(=O)OCCC1(C)C(C)CCCC1(C)C.NC(=O)O.NC(=O)O. The highest BCUT2D eigenvalue weighted by Crippen LogP contribution is 2.55. The molecule has 0 heterocycles. The van der Waals surface area contributed by atoms with Crippen molar-refractivity contribution in [1.29, 1.82) is 0 Å². The average Bonchev–Trinajstić information content (AvgIpc) is 2.43. The van der Waals surface area contributed by atoms with Crippen LogP contribution in [0.15, 0.2) is 12.2 Å². The van der Waals surface area contributed by atoms with Crippen molar-refractivity contribution < 1.29 is 29.3 Å². The van der Waals surface area contributed by atoms with Gasteiger partial charge in [-0.3, -0.25) is 0 Å². The third-order valence-corrected chi connectivity index (χ3v) is 5.28. The third kappa shape index (κ3) is 9.90. The summed E-state index contributed by atoms with van der Waals surface area (Å²) in [6.07, 6.45) is 2.14. The lowest BCUT2D eigenvalue weighted by Gasteiger charge is -2.52. The predicted octanol–water partition coefficient (Wildman–Crippen LogP) is 3.59. The van der Waals surface area contributed by atoms with Gasteiger partial charge in [-0.25, -0.2) is 14.4 Å². The lowest BCUT2D eigenvalue weighted by molar-refractivity contribution is -0.141. The number of carboxylic acid groups (broad SMARTS) is 2. The fourth-order valence-corrected chi connectivity index (χ4v) is 3.19. The fraction of sp³-hybridized carbons (Fsp3) is 0.722. The van der Waals surface area contributed by atoms with E-state index in [2.05, 4.69) is 45.7 Å². The van der Waals surface area contributed by atoms with E-state index in [1.54, 1.807) is 6.92 Å². The van der Waals surface area contributed by atoms with E-state index in [1.165, 1.54) is 19.3 Å². The summed E-state index contributed by atoms with van der Waals surface area (Å²) < 4.78 is 5.27. The van der Waals surface area contributed by atoms with Gasteiger partial charge in [0.1, 0.15) is 0 Å². The van der Waals surface area contributed by atoms with Gasteiger partial charge in [0, 0.05) is 5.57 Å². The van der Waals surface area contributed by atoms with Crippen LogP contribution in [0.5, 0.6) is 0 Å². The molecule has 2 amide bonds. The Kier molecular flexibility index (Phi) is 11.4. The molecule has 0 bridgehead atoms. The molecule has 2 unspecified atom stereocenters. The summed E-state index contributed by atoms with van der Waals surface area (Å²) >= 11 is 0. The Hall–Kier alpha value is -2.25. The summed E-state index contributed by atoms with van der Waals surface area (Å²) in [5.41, 5.74) is 9.11. The van der Waals surface area contributed by atoms with Crippen LogP contribution in [0.3, 0.4) is 0 Å². The van der Waals surface area contributed by atoms with E-state index in [0.717, 1.165) is 6.42 Å². The molecule has 1 saturated carbocycles. The maximum Gasteiger partial charge on any atom is 0.402 e. The van der Waals surface area contributed by atoms with Crippen molar-refractivity contribution in [1.82, 2.24) is 0 Å². The monoisotopic (exact) mass is 374 g/mol. The van der Waals surface area contributed by atoms with Crippen LogP contribution in [0, 0.1) is 16.7 Å². The summed E-state index contributed by atoms with van der Waals surface area (Å²) in [7, 11) is 0. The van der Waals surface area contributed by atoms with Gasteiger partial charge < -0.3 is 26.4 Å². The number of hydrogen-bond donors (Lipinski definition) is 4. The molecule has 2 atom stereocenters. The quantitative estimate of drug-likeness (QED) is 0.435. The lowest BCUT2D eigenvalue weighted by Crippen LogP contribution is -2.44. The highest BCUT2D eigenvalue weighted by atomic mass is 16.5. The van der Waals surface area contributed by atoms with Gasteiger partial charge in [-0.15, -0.1) is 0 Å². The normalized spacial score (nSPS) is 23.2. The maximum absolute atomic E-state index is 11.4. The van der Waals surface area contributed by atoms with E-state index in [0.29, 0.717) is 23.5 Å². The number of nitrogens with two attached hydrogens (primary N) is 2. The number of ether oxygens (including phenoxy) is 1. The molecule has 0 saturated heterocycles. The van der Waals surface area contributed by atoms with Crippen molar-refractivity contribution in [2.24, 2.45) is 28.2 Å². The van der Waals surface area contributed by atoms with Crippen molar-refractivity contribution in [2.75, 3.05) is 6.61 Å². The van der Waals surface area contributed by atoms with Crippen LogP contribution >= 0.6 is 0 Å². The second-order valence-corrected chi connectivity index (χ2v) is 7.44. The molecule has 0 radical (unpaired) electrons. The molecule has 1 aliphatic carbocycles. The number of esters is 1. The van der Waals surface area contributed by atoms with Crippen LogP contribution in [-0.2, 0) is 9.53 Å². The van der Waals surface area contributed by atoms with E-state index in [9.17, 15) is 4.79 Å². The molecule has 0 aliphatic heterocycles. The van der Waals surface area contributed by atoms with E-state index < -0.39 is 12.2 Å². The first kappa shape index (κ1) is 26.0. The molecule has 1 aliphatic rings. The summed E-state index contributed by atoms with van der Waals surface area (Å²) in [5, 5.41) is 14.4. The fourth-order valence-electron chi connectivity index (χ4n) is 3.19. The largest absolute Gasteiger partial charge is 0.465 e. The van der Waals surface area contributed by atoms with Crippen molar-refractivity contribution in [3.05, 3.63) is 12.2 Å². The lowest BCUT2D eigenvalue weighted by atomic mass is 9.53. The molecule has 0 aromatic rings. The zero-order valence-corrected chi connectivity index (χ0v) is 16.5. The third-order valence-electron chi connectivity index (χ3n) is 5.28. The minimum Gasteiger partial charge on any atom is -0.465 e. The predicted molar refractivity (Wildman–Crippen MR) is 99.7 cm³/mol. The van der Waals surface area contributed by atoms with Gasteiger partial charge in [-0.2, -0.15) is 0 Å². The molecular weight excluding hydrogens is 340 g/mol. The molecule has 6 N–H and O–H groups in total. The molecular formula is C18H34N2O6. The molecule has 8 nitrogen and oxygen atoms in total. The van der Waals surface area contributed by atoms with Gasteiger partial charge in [-0.05, 0) is 36.5 Å². The highest BCUT2D eigenvalue weighted by Gasteiger charge is 2.46. The Labute approximate surface area is 155 Å². The highest BCUT2D eigenvalue weighted by molar-refractivity contribution is 5.86. The van der Waals surface area contributed by atoms with Gasteiger partial charge in [0.2, 0.25) is 0 Å². The molecule has 26 heavy (non-hydrogen) atoms. The Morgan fingerprint density at radius 3 is 1.92 bits per heavy atom. The number of primary amides is 2. The van der Waals surface area contributed by atoms with Gasteiger partial charge in [0.25, 0.3) is 0 Å². The zero-order chi connectivity index (χ0) is 21.1. The number of carbonyl (C=O) groups is 3. The van der Waals surface area contributed by atoms with E-state index in [-0.39, 0.29) is 11.4 Å². The zero-order valence-electron chi connectivity index (χ0n) is 16.5. The van der Waals surface area contributed by atoms with Gasteiger partial charge in [0.05, 0.1) is 6.61 Å². The maximum atomic E-state index is 11.4. The van der Waals surface area contributed by atoms with Crippen LogP contribution in [-0.4, -0.2) is 35.0 Å². The topological polar surface area (TPSA) is 153 Å². The number of hydrogen-bond acceptors (Lipinski definition) is 4. The molecule has 0 spiro atoms. The van der Waals surface area contributed by atoms with Gasteiger partial charge in [0.15, 0.2) is 0 Å². The van der Waals surface area contributed by atoms with Crippen LogP contribution in [0.1, 0.15) is 60.3 Å². The number of amides is 2. The summed E-state index contributed by atoms with van der Waals surface area (Å²) in [5.74, 6) is 0.421. The van der Waals surface area contributed by atoms with Crippen LogP contribution < -0.4 is 11.5 Å². The molecule has 0 aromatic heterocycles. The molecule has 0 aromatic carbocycles. The van der Waals surface area contributed by atoms with Crippen molar-refractivity contribution in [3.8, 4) is 0 Å². The Balaban J connectivity index is 0. The number of rotatable bonds is 4. The molecule has 1 fully saturated rings.